The van der Waals surface area contributed by atoms with Gasteiger partial charge in [-0.05, 0) is 43.2 Å². The molecule has 1 heterocycles. The summed E-state index contributed by atoms with van der Waals surface area (Å²) >= 11 is 0. The molecular weight excluding hydrogens is 328 g/mol. The molecule has 2 aromatic rings. The Bertz CT molecular complexity index is 866. The summed E-state index contributed by atoms with van der Waals surface area (Å²) in [5.41, 5.74) is 2.87. The van der Waals surface area contributed by atoms with Crippen molar-refractivity contribution >= 4 is 11.9 Å². The second-order valence-electron chi connectivity index (χ2n) is 6.62. The molecule has 0 bridgehead atoms. The molecule has 0 N–H and O–H groups in total. The van der Waals surface area contributed by atoms with Crippen molar-refractivity contribution in [2.24, 2.45) is 0 Å². The van der Waals surface area contributed by atoms with E-state index in [9.17, 15) is 9.59 Å². The van der Waals surface area contributed by atoms with Crippen LogP contribution in [0.4, 0.5) is 0 Å². The molecule has 0 saturated heterocycles. The summed E-state index contributed by atoms with van der Waals surface area (Å²) in [4.78, 5) is 26.9. The molecule has 5 heteroatoms. The maximum Gasteiger partial charge on any atom is 0.339 e. The lowest BCUT2D eigenvalue weighted by Gasteiger charge is -2.32. The summed E-state index contributed by atoms with van der Waals surface area (Å²) in [7, 11) is 0. The fourth-order valence-electron chi connectivity index (χ4n) is 3.05. The van der Waals surface area contributed by atoms with E-state index in [4.69, 9.17) is 10.00 Å². The number of carbonyl (C=O) groups excluding carboxylic acids is 2. The van der Waals surface area contributed by atoms with E-state index in [-0.39, 0.29) is 11.9 Å². The maximum atomic E-state index is 13.0. The zero-order valence-electron chi connectivity index (χ0n) is 14.8. The average molecular weight is 348 g/mol. The number of rotatable bonds is 4. The summed E-state index contributed by atoms with van der Waals surface area (Å²) in [6, 6.07) is 16.4. The van der Waals surface area contributed by atoms with Gasteiger partial charge >= 0.3 is 5.97 Å². The van der Waals surface area contributed by atoms with Crippen LogP contribution in [0, 0.1) is 11.3 Å². The first kappa shape index (κ1) is 17.7. The van der Waals surface area contributed by atoms with Crippen molar-refractivity contribution in [3.63, 3.8) is 0 Å². The van der Waals surface area contributed by atoms with Gasteiger partial charge in [0.15, 0.2) is 6.10 Å². The van der Waals surface area contributed by atoms with E-state index in [1.54, 1.807) is 29.2 Å². The minimum absolute atomic E-state index is 0.0472. The summed E-state index contributed by atoms with van der Waals surface area (Å²) < 4.78 is 5.41. The molecule has 132 valence electrons. The standard InChI is InChI=1S/C21H20N2O3/c1-14(2)23(13-16-9-7-15(12-22)8-10-16)20(24)19-11-17-5-3-4-6-18(17)21(25)26-19/h3-10,14,19H,11,13H2,1-2H3. The number of hydrogen-bond acceptors (Lipinski definition) is 4. The van der Waals surface area contributed by atoms with E-state index in [2.05, 4.69) is 6.07 Å². The Kier molecular flexibility index (Phi) is 5.04. The number of esters is 1. The monoisotopic (exact) mass is 348 g/mol. The van der Waals surface area contributed by atoms with Gasteiger partial charge in [-0.25, -0.2) is 4.79 Å². The first-order chi connectivity index (χ1) is 12.5. The SMILES string of the molecule is CC(C)N(Cc1ccc(C#N)cc1)C(=O)C1Cc2ccccc2C(=O)O1. The van der Waals surface area contributed by atoms with Crippen molar-refractivity contribution in [3.8, 4) is 6.07 Å². The smallest absolute Gasteiger partial charge is 0.339 e. The molecule has 0 fully saturated rings. The lowest BCUT2D eigenvalue weighted by Crippen LogP contribution is -2.46. The topological polar surface area (TPSA) is 70.4 Å². The Balaban J connectivity index is 1.79. The van der Waals surface area contributed by atoms with Gasteiger partial charge in [-0.3, -0.25) is 4.79 Å². The van der Waals surface area contributed by atoms with E-state index in [1.165, 1.54) is 0 Å². The molecule has 1 amide bonds. The zero-order valence-corrected chi connectivity index (χ0v) is 14.8. The van der Waals surface area contributed by atoms with Gasteiger partial charge in [-0.1, -0.05) is 30.3 Å². The highest BCUT2D eigenvalue weighted by Crippen LogP contribution is 2.23. The highest BCUT2D eigenvalue weighted by atomic mass is 16.5. The highest BCUT2D eigenvalue weighted by molar-refractivity contribution is 5.95. The van der Waals surface area contributed by atoms with E-state index < -0.39 is 12.1 Å². The Labute approximate surface area is 152 Å². The summed E-state index contributed by atoms with van der Waals surface area (Å²) in [6.07, 6.45) is -0.421. The van der Waals surface area contributed by atoms with Gasteiger partial charge in [0.05, 0.1) is 17.2 Å². The molecule has 1 aliphatic rings. The molecular formula is C21H20N2O3. The quantitative estimate of drug-likeness (QED) is 0.796. The molecule has 0 saturated carbocycles. The minimum Gasteiger partial charge on any atom is -0.448 e. The first-order valence-electron chi connectivity index (χ1n) is 8.58. The van der Waals surface area contributed by atoms with Gasteiger partial charge in [-0.15, -0.1) is 0 Å². The molecule has 5 nitrogen and oxygen atoms in total. The highest BCUT2D eigenvalue weighted by Gasteiger charge is 2.34. The van der Waals surface area contributed by atoms with Gasteiger partial charge in [0, 0.05) is 19.0 Å². The number of fused-ring (bicyclic) bond motifs is 1. The van der Waals surface area contributed by atoms with Crippen LogP contribution in [0.15, 0.2) is 48.5 Å². The van der Waals surface area contributed by atoms with Crippen LogP contribution in [0.25, 0.3) is 0 Å². The molecule has 0 spiro atoms. The second kappa shape index (κ2) is 7.40. The maximum absolute atomic E-state index is 13.0. The largest absolute Gasteiger partial charge is 0.448 e. The van der Waals surface area contributed by atoms with Gasteiger partial charge < -0.3 is 9.64 Å². The Morgan fingerprint density at radius 2 is 1.92 bits per heavy atom. The lowest BCUT2D eigenvalue weighted by atomic mass is 9.97. The molecule has 1 aliphatic heterocycles. The molecule has 1 atom stereocenters. The van der Waals surface area contributed by atoms with Gasteiger partial charge in [-0.2, -0.15) is 5.26 Å². The third kappa shape index (κ3) is 3.60. The number of amides is 1. The molecule has 2 aromatic carbocycles. The van der Waals surface area contributed by atoms with Crippen LogP contribution in [-0.2, 0) is 22.5 Å². The van der Waals surface area contributed by atoms with Gasteiger partial charge in [0.2, 0.25) is 0 Å². The van der Waals surface area contributed by atoms with Crippen molar-refractivity contribution in [1.82, 2.24) is 4.90 Å². The number of ether oxygens (including phenoxy) is 1. The van der Waals surface area contributed by atoms with Crippen molar-refractivity contribution in [3.05, 3.63) is 70.8 Å². The van der Waals surface area contributed by atoms with Crippen LogP contribution in [-0.4, -0.2) is 28.9 Å². The predicted molar refractivity (Wildman–Crippen MR) is 96.2 cm³/mol. The van der Waals surface area contributed by atoms with E-state index in [0.717, 1.165) is 11.1 Å². The van der Waals surface area contributed by atoms with Crippen LogP contribution in [0.1, 0.15) is 40.9 Å². The molecule has 1 unspecified atom stereocenters. The Hall–Kier alpha value is -3.13. The number of carbonyl (C=O) groups is 2. The molecule has 26 heavy (non-hydrogen) atoms. The number of nitrogens with zero attached hydrogens (tertiary/aromatic N) is 2. The van der Waals surface area contributed by atoms with E-state index >= 15 is 0 Å². The lowest BCUT2D eigenvalue weighted by molar-refractivity contribution is -0.143. The second-order valence-corrected chi connectivity index (χ2v) is 6.62. The summed E-state index contributed by atoms with van der Waals surface area (Å²) in [5.74, 6) is -0.653. The molecule has 3 rings (SSSR count). The summed E-state index contributed by atoms with van der Waals surface area (Å²) in [5, 5.41) is 8.90. The van der Waals surface area contributed by atoms with Gasteiger partial charge in [0.1, 0.15) is 0 Å². The normalized spacial score (nSPS) is 15.8. The molecule has 0 aromatic heterocycles. The van der Waals surface area contributed by atoms with Crippen LogP contribution in [0.2, 0.25) is 0 Å². The number of hydrogen-bond donors (Lipinski definition) is 0. The number of cyclic esters (lactones) is 1. The Morgan fingerprint density at radius 3 is 2.58 bits per heavy atom. The van der Waals surface area contributed by atoms with Crippen molar-refractivity contribution in [2.45, 2.75) is 39.0 Å². The van der Waals surface area contributed by atoms with Crippen LogP contribution in [0.5, 0.6) is 0 Å². The molecule has 0 aliphatic carbocycles. The Morgan fingerprint density at radius 1 is 1.23 bits per heavy atom. The van der Waals surface area contributed by atoms with Crippen LogP contribution >= 0.6 is 0 Å². The zero-order chi connectivity index (χ0) is 18.7. The molecule has 0 radical (unpaired) electrons. The van der Waals surface area contributed by atoms with Crippen LogP contribution in [0.3, 0.4) is 0 Å². The third-order valence-electron chi connectivity index (χ3n) is 4.51. The van der Waals surface area contributed by atoms with E-state index in [1.807, 2.05) is 38.1 Å². The predicted octanol–water partition coefficient (Wildman–Crippen LogP) is 3.08. The summed E-state index contributed by atoms with van der Waals surface area (Å²) in [6.45, 7) is 4.26. The van der Waals surface area contributed by atoms with Crippen molar-refractivity contribution in [2.75, 3.05) is 0 Å². The van der Waals surface area contributed by atoms with E-state index in [0.29, 0.717) is 24.1 Å². The number of nitriles is 1. The number of benzene rings is 2. The minimum atomic E-state index is -0.807. The fraction of sp³-hybridized carbons (Fsp3) is 0.286. The van der Waals surface area contributed by atoms with Crippen molar-refractivity contribution < 1.29 is 14.3 Å². The third-order valence-corrected chi connectivity index (χ3v) is 4.51. The van der Waals surface area contributed by atoms with Crippen molar-refractivity contribution in [1.29, 1.82) is 5.26 Å². The first-order valence-corrected chi connectivity index (χ1v) is 8.58. The van der Waals surface area contributed by atoms with Crippen LogP contribution < -0.4 is 0 Å². The average Bonchev–Trinajstić information content (AvgIpc) is 2.65. The van der Waals surface area contributed by atoms with Gasteiger partial charge in [0.25, 0.3) is 5.91 Å². The fourth-order valence-corrected chi connectivity index (χ4v) is 3.05.